The van der Waals surface area contributed by atoms with Gasteiger partial charge in [-0.2, -0.15) is 5.10 Å². The zero-order valence-electron chi connectivity index (χ0n) is 14.4. The van der Waals surface area contributed by atoms with E-state index in [1.807, 2.05) is 36.7 Å². The fraction of sp³-hybridized carbons (Fsp3) is 0.333. The molecule has 130 valence electrons. The number of nitrogens with one attached hydrogen (secondary N) is 1. The molecule has 1 N–H and O–H groups in total. The Morgan fingerprint density at radius 3 is 2.96 bits per heavy atom. The fourth-order valence-electron chi connectivity index (χ4n) is 2.85. The molecule has 0 atom stereocenters. The van der Waals surface area contributed by atoms with Gasteiger partial charge in [0.15, 0.2) is 17.1 Å². The van der Waals surface area contributed by atoms with Crippen molar-refractivity contribution in [3.63, 3.8) is 0 Å². The summed E-state index contributed by atoms with van der Waals surface area (Å²) in [7, 11) is 4.16. The van der Waals surface area contributed by atoms with Crippen molar-refractivity contribution < 1.29 is 9.47 Å². The Hall–Kier alpha value is -2.80. The molecule has 4 rings (SSSR count). The lowest BCUT2D eigenvalue weighted by atomic mass is 10.1. The second kappa shape index (κ2) is 6.60. The van der Waals surface area contributed by atoms with E-state index in [0.717, 1.165) is 53.6 Å². The van der Waals surface area contributed by atoms with Crippen LogP contribution in [0.2, 0.25) is 0 Å². The van der Waals surface area contributed by atoms with Crippen LogP contribution < -0.4 is 14.8 Å². The predicted molar refractivity (Wildman–Crippen MR) is 96.2 cm³/mol. The molecule has 1 aliphatic heterocycles. The monoisotopic (exact) mass is 339 g/mol. The summed E-state index contributed by atoms with van der Waals surface area (Å²) in [5.41, 5.74) is 2.79. The Balaban J connectivity index is 1.58. The second-order valence-electron chi connectivity index (χ2n) is 6.29. The van der Waals surface area contributed by atoms with Crippen molar-refractivity contribution in [3.8, 4) is 22.6 Å². The number of rotatable bonds is 6. The van der Waals surface area contributed by atoms with Gasteiger partial charge in [0.2, 0.25) is 6.79 Å². The lowest BCUT2D eigenvalue weighted by Crippen LogP contribution is -2.16. The molecule has 1 aliphatic rings. The van der Waals surface area contributed by atoms with Gasteiger partial charge < -0.3 is 19.7 Å². The summed E-state index contributed by atoms with van der Waals surface area (Å²) in [6.45, 7) is 2.20. The maximum absolute atomic E-state index is 5.47. The molecule has 0 radical (unpaired) electrons. The van der Waals surface area contributed by atoms with Crippen molar-refractivity contribution in [1.82, 2.24) is 19.5 Å². The molecule has 25 heavy (non-hydrogen) atoms. The van der Waals surface area contributed by atoms with E-state index < -0.39 is 0 Å². The van der Waals surface area contributed by atoms with Crippen LogP contribution in [0.15, 0.2) is 36.7 Å². The minimum absolute atomic E-state index is 0.271. The van der Waals surface area contributed by atoms with E-state index in [9.17, 15) is 0 Å². The molecule has 7 heteroatoms. The zero-order valence-corrected chi connectivity index (χ0v) is 14.4. The third kappa shape index (κ3) is 3.23. The van der Waals surface area contributed by atoms with Crippen molar-refractivity contribution in [1.29, 1.82) is 0 Å². The fourth-order valence-corrected chi connectivity index (χ4v) is 2.85. The van der Waals surface area contributed by atoms with E-state index in [-0.39, 0.29) is 6.79 Å². The molecule has 2 aromatic heterocycles. The first-order chi connectivity index (χ1) is 12.2. The summed E-state index contributed by atoms with van der Waals surface area (Å²) in [6.07, 6.45) is 4.82. The molecule has 0 fully saturated rings. The lowest BCUT2D eigenvalue weighted by Gasteiger charge is -2.10. The van der Waals surface area contributed by atoms with Crippen molar-refractivity contribution in [2.45, 2.75) is 6.42 Å². The van der Waals surface area contributed by atoms with Gasteiger partial charge in [0.25, 0.3) is 0 Å². The first kappa shape index (κ1) is 15.7. The number of hydrogen-bond donors (Lipinski definition) is 1. The topological polar surface area (TPSA) is 63.9 Å². The summed E-state index contributed by atoms with van der Waals surface area (Å²) in [5, 5.41) is 7.78. The van der Waals surface area contributed by atoms with Crippen LogP contribution in [-0.4, -0.2) is 53.5 Å². The van der Waals surface area contributed by atoms with Gasteiger partial charge in [-0.25, -0.2) is 9.50 Å². The van der Waals surface area contributed by atoms with Crippen LogP contribution >= 0.6 is 0 Å². The van der Waals surface area contributed by atoms with E-state index in [1.165, 1.54) is 0 Å². The average Bonchev–Trinajstić information content (AvgIpc) is 3.24. The van der Waals surface area contributed by atoms with Gasteiger partial charge in [0.1, 0.15) is 5.82 Å². The number of hydrogen-bond acceptors (Lipinski definition) is 6. The molecule has 0 unspecified atom stereocenters. The maximum atomic E-state index is 5.47. The Morgan fingerprint density at radius 1 is 1.20 bits per heavy atom. The molecule has 0 spiro atoms. The Kier molecular flexibility index (Phi) is 4.15. The van der Waals surface area contributed by atoms with Gasteiger partial charge in [-0.05, 0) is 50.8 Å². The van der Waals surface area contributed by atoms with Crippen molar-refractivity contribution >= 4 is 11.5 Å². The number of anilines is 1. The third-order valence-electron chi connectivity index (χ3n) is 4.14. The quantitative estimate of drug-likeness (QED) is 0.696. The number of ether oxygens (including phenoxy) is 2. The third-order valence-corrected chi connectivity index (χ3v) is 4.14. The van der Waals surface area contributed by atoms with Crippen molar-refractivity contribution in [2.75, 3.05) is 39.3 Å². The predicted octanol–water partition coefficient (Wildman–Crippen LogP) is 2.49. The molecular weight excluding hydrogens is 318 g/mol. The van der Waals surface area contributed by atoms with E-state index in [1.54, 1.807) is 4.52 Å². The van der Waals surface area contributed by atoms with Gasteiger partial charge in [-0.1, -0.05) is 6.07 Å². The zero-order chi connectivity index (χ0) is 17.2. The number of fused-ring (bicyclic) bond motifs is 2. The second-order valence-corrected chi connectivity index (χ2v) is 6.29. The minimum atomic E-state index is 0.271. The summed E-state index contributed by atoms with van der Waals surface area (Å²) >= 11 is 0. The first-order valence-electron chi connectivity index (χ1n) is 8.34. The van der Waals surface area contributed by atoms with Crippen LogP contribution in [0.5, 0.6) is 11.5 Å². The number of aromatic nitrogens is 3. The Bertz CT molecular complexity index is 890. The van der Waals surface area contributed by atoms with Gasteiger partial charge in [0, 0.05) is 18.3 Å². The average molecular weight is 339 g/mol. The highest BCUT2D eigenvalue weighted by atomic mass is 16.7. The van der Waals surface area contributed by atoms with E-state index in [0.29, 0.717) is 0 Å². The Morgan fingerprint density at radius 2 is 2.08 bits per heavy atom. The highest BCUT2D eigenvalue weighted by Crippen LogP contribution is 2.36. The van der Waals surface area contributed by atoms with Crippen LogP contribution in [0, 0.1) is 0 Å². The maximum Gasteiger partial charge on any atom is 0.231 e. The van der Waals surface area contributed by atoms with E-state index >= 15 is 0 Å². The molecule has 0 saturated heterocycles. The normalized spacial score (nSPS) is 12.9. The molecule has 0 saturated carbocycles. The largest absolute Gasteiger partial charge is 0.454 e. The van der Waals surface area contributed by atoms with E-state index in [2.05, 4.69) is 29.4 Å². The summed E-state index contributed by atoms with van der Waals surface area (Å²) in [5.74, 6) is 2.39. The van der Waals surface area contributed by atoms with Gasteiger partial charge >= 0.3 is 0 Å². The SMILES string of the molecule is CN(C)CCCNc1ccn2ncc(-c3ccc4c(c3)OCO4)c2n1. The molecule has 0 bridgehead atoms. The van der Waals surface area contributed by atoms with Gasteiger partial charge in [0.05, 0.1) is 6.20 Å². The summed E-state index contributed by atoms with van der Waals surface area (Å²) in [4.78, 5) is 6.90. The molecule has 1 aromatic carbocycles. The molecular formula is C18H21N5O2. The highest BCUT2D eigenvalue weighted by molar-refractivity contribution is 5.79. The van der Waals surface area contributed by atoms with Gasteiger partial charge in [-0.3, -0.25) is 0 Å². The van der Waals surface area contributed by atoms with Crippen molar-refractivity contribution in [3.05, 3.63) is 36.7 Å². The molecule has 3 heterocycles. The summed E-state index contributed by atoms with van der Waals surface area (Å²) in [6, 6.07) is 7.84. The molecule has 3 aromatic rings. The summed E-state index contributed by atoms with van der Waals surface area (Å²) < 4.78 is 12.6. The molecule has 0 aliphatic carbocycles. The Labute approximate surface area is 146 Å². The lowest BCUT2D eigenvalue weighted by molar-refractivity contribution is 0.174. The number of benzene rings is 1. The van der Waals surface area contributed by atoms with Crippen LogP contribution in [0.1, 0.15) is 6.42 Å². The molecule has 0 amide bonds. The van der Waals surface area contributed by atoms with Crippen LogP contribution in [0.3, 0.4) is 0 Å². The van der Waals surface area contributed by atoms with Crippen LogP contribution in [-0.2, 0) is 0 Å². The number of nitrogens with zero attached hydrogens (tertiary/aromatic N) is 4. The van der Waals surface area contributed by atoms with E-state index in [4.69, 9.17) is 14.5 Å². The van der Waals surface area contributed by atoms with Gasteiger partial charge in [-0.15, -0.1) is 0 Å². The van der Waals surface area contributed by atoms with Crippen molar-refractivity contribution in [2.24, 2.45) is 0 Å². The minimum Gasteiger partial charge on any atom is -0.454 e. The molecule has 7 nitrogen and oxygen atoms in total. The first-order valence-corrected chi connectivity index (χ1v) is 8.34. The highest BCUT2D eigenvalue weighted by Gasteiger charge is 2.16. The van der Waals surface area contributed by atoms with Crippen LogP contribution in [0.25, 0.3) is 16.8 Å². The standard InChI is InChI=1S/C18H21N5O2/c1-22(2)8-3-7-19-17-6-9-23-18(21-17)14(11-20-23)13-4-5-15-16(10-13)25-12-24-15/h4-6,9-11H,3,7-8,12H2,1-2H3,(H,19,21). The van der Waals surface area contributed by atoms with Crippen LogP contribution in [0.4, 0.5) is 5.82 Å². The smallest absolute Gasteiger partial charge is 0.231 e.